The van der Waals surface area contributed by atoms with E-state index < -0.39 is 0 Å². The number of carbonyl (C=O) groups is 1. The molecule has 0 aromatic carbocycles. The van der Waals surface area contributed by atoms with Crippen molar-refractivity contribution in [1.82, 2.24) is 0 Å². The first-order chi connectivity index (χ1) is 4.76. The lowest BCUT2D eigenvalue weighted by molar-refractivity contribution is -0.105. The Morgan fingerprint density at radius 2 is 2.00 bits per heavy atom. The van der Waals surface area contributed by atoms with Crippen LogP contribution < -0.4 is 0 Å². The van der Waals surface area contributed by atoms with E-state index in [0.717, 1.165) is 31.1 Å². The van der Waals surface area contributed by atoms with Crippen molar-refractivity contribution in [2.24, 2.45) is 0 Å². The van der Waals surface area contributed by atoms with Crippen molar-refractivity contribution in [1.29, 1.82) is 0 Å². The maximum Gasteiger partial charge on any atom is 0.145 e. The van der Waals surface area contributed by atoms with Gasteiger partial charge < -0.3 is 0 Å². The standard InChI is InChI=1S/C9H16O/c1-4-6-8(3)9(5-2)7-10/h7H,4-6H2,1-3H3/b9-8+. The highest BCUT2D eigenvalue weighted by Crippen LogP contribution is 2.10. The van der Waals surface area contributed by atoms with E-state index in [2.05, 4.69) is 6.92 Å². The van der Waals surface area contributed by atoms with E-state index in [1.807, 2.05) is 13.8 Å². The van der Waals surface area contributed by atoms with Crippen LogP contribution in [0.2, 0.25) is 0 Å². The van der Waals surface area contributed by atoms with Crippen molar-refractivity contribution in [3.8, 4) is 0 Å². The molecule has 10 heavy (non-hydrogen) atoms. The molecule has 0 radical (unpaired) electrons. The van der Waals surface area contributed by atoms with Gasteiger partial charge in [0.15, 0.2) is 0 Å². The summed E-state index contributed by atoms with van der Waals surface area (Å²) in [4.78, 5) is 10.4. The molecular weight excluding hydrogens is 124 g/mol. The van der Waals surface area contributed by atoms with Gasteiger partial charge in [-0.2, -0.15) is 0 Å². The van der Waals surface area contributed by atoms with Gasteiger partial charge in [-0.05, 0) is 25.3 Å². The summed E-state index contributed by atoms with van der Waals surface area (Å²) in [6.45, 7) is 6.18. The highest BCUT2D eigenvalue weighted by molar-refractivity contribution is 5.74. The average Bonchev–Trinajstić information content (AvgIpc) is 1.91. The van der Waals surface area contributed by atoms with Crippen molar-refractivity contribution in [2.45, 2.75) is 40.0 Å². The minimum Gasteiger partial charge on any atom is -0.298 e. The Labute approximate surface area is 63.1 Å². The molecule has 0 aliphatic rings. The van der Waals surface area contributed by atoms with Crippen molar-refractivity contribution >= 4 is 6.29 Å². The number of aldehydes is 1. The van der Waals surface area contributed by atoms with Gasteiger partial charge in [0, 0.05) is 0 Å². The Morgan fingerprint density at radius 1 is 1.40 bits per heavy atom. The number of rotatable bonds is 4. The lowest BCUT2D eigenvalue weighted by atomic mass is 10.0. The monoisotopic (exact) mass is 140 g/mol. The Bertz CT molecular complexity index is 134. The van der Waals surface area contributed by atoms with Gasteiger partial charge >= 0.3 is 0 Å². The van der Waals surface area contributed by atoms with E-state index in [9.17, 15) is 4.79 Å². The minimum atomic E-state index is 0.870. The second-order valence-corrected chi connectivity index (χ2v) is 2.53. The summed E-state index contributed by atoms with van der Waals surface area (Å²) >= 11 is 0. The largest absolute Gasteiger partial charge is 0.298 e. The normalized spacial score (nSPS) is 12.7. The predicted octanol–water partition coefficient (Wildman–Crippen LogP) is 2.71. The van der Waals surface area contributed by atoms with E-state index in [-0.39, 0.29) is 0 Å². The third-order valence-corrected chi connectivity index (χ3v) is 1.70. The van der Waals surface area contributed by atoms with Crippen LogP contribution in [-0.2, 0) is 4.79 Å². The zero-order chi connectivity index (χ0) is 7.98. The molecular formula is C9H16O. The van der Waals surface area contributed by atoms with Crippen molar-refractivity contribution in [3.63, 3.8) is 0 Å². The zero-order valence-corrected chi connectivity index (χ0v) is 7.11. The fourth-order valence-electron chi connectivity index (χ4n) is 1.02. The van der Waals surface area contributed by atoms with Crippen LogP contribution in [0.5, 0.6) is 0 Å². The van der Waals surface area contributed by atoms with Gasteiger partial charge in [0.05, 0.1) is 0 Å². The molecule has 0 rings (SSSR count). The summed E-state index contributed by atoms with van der Waals surface area (Å²) in [5, 5.41) is 0. The predicted molar refractivity (Wildman–Crippen MR) is 44.0 cm³/mol. The summed E-state index contributed by atoms with van der Waals surface area (Å²) in [6, 6.07) is 0. The number of allylic oxidation sites excluding steroid dienone is 2. The first kappa shape index (κ1) is 9.41. The molecule has 0 amide bonds. The molecule has 0 aliphatic carbocycles. The Balaban J connectivity index is 4.12. The molecule has 0 heterocycles. The highest BCUT2D eigenvalue weighted by Gasteiger charge is 1.96. The van der Waals surface area contributed by atoms with Crippen LogP contribution in [0.3, 0.4) is 0 Å². The quantitative estimate of drug-likeness (QED) is 0.433. The van der Waals surface area contributed by atoms with Crippen LogP contribution in [0.15, 0.2) is 11.1 Å². The summed E-state index contributed by atoms with van der Waals surface area (Å²) < 4.78 is 0. The lowest BCUT2D eigenvalue weighted by Gasteiger charge is -2.00. The van der Waals surface area contributed by atoms with Crippen molar-refractivity contribution < 1.29 is 4.79 Å². The molecule has 0 spiro atoms. The van der Waals surface area contributed by atoms with Gasteiger partial charge in [-0.15, -0.1) is 0 Å². The molecule has 0 N–H and O–H groups in total. The molecule has 0 aromatic heterocycles. The highest BCUT2D eigenvalue weighted by atomic mass is 16.1. The van der Waals surface area contributed by atoms with Gasteiger partial charge in [-0.25, -0.2) is 0 Å². The van der Waals surface area contributed by atoms with Crippen molar-refractivity contribution in [3.05, 3.63) is 11.1 Å². The molecule has 0 saturated carbocycles. The third kappa shape index (κ3) is 2.81. The van der Waals surface area contributed by atoms with Crippen LogP contribution in [0.1, 0.15) is 40.0 Å². The van der Waals surface area contributed by atoms with Crippen LogP contribution in [-0.4, -0.2) is 6.29 Å². The molecule has 1 heteroatoms. The SMILES string of the molecule is CCC/C(C)=C(/C=O)CC. The van der Waals surface area contributed by atoms with Gasteiger partial charge in [0.25, 0.3) is 0 Å². The van der Waals surface area contributed by atoms with Crippen LogP contribution in [0, 0.1) is 0 Å². The topological polar surface area (TPSA) is 17.1 Å². The van der Waals surface area contributed by atoms with E-state index in [0.29, 0.717) is 0 Å². The van der Waals surface area contributed by atoms with Gasteiger partial charge in [0.1, 0.15) is 6.29 Å². The average molecular weight is 140 g/mol. The summed E-state index contributed by atoms with van der Waals surface area (Å²) in [5.74, 6) is 0. The lowest BCUT2D eigenvalue weighted by Crippen LogP contribution is -1.88. The fourth-order valence-corrected chi connectivity index (χ4v) is 1.02. The van der Waals surface area contributed by atoms with E-state index in [1.54, 1.807) is 0 Å². The molecule has 0 unspecified atom stereocenters. The van der Waals surface area contributed by atoms with Crippen LogP contribution in [0.4, 0.5) is 0 Å². The third-order valence-electron chi connectivity index (χ3n) is 1.70. The molecule has 0 aliphatic heterocycles. The fraction of sp³-hybridized carbons (Fsp3) is 0.667. The second kappa shape index (κ2) is 5.21. The Hall–Kier alpha value is -0.590. The van der Waals surface area contributed by atoms with E-state index in [4.69, 9.17) is 0 Å². The number of hydrogen-bond donors (Lipinski definition) is 0. The number of hydrogen-bond acceptors (Lipinski definition) is 1. The maximum absolute atomic E-state index is 10.4. The minimum absolute atomic E-state index is 0.870. The van der Waals surface area contributed by atoms with E-state index in [1.165, 1.54) is 5.57 Å². The zero-order valence-electron chi connectivity index (χ0n) is 7.11. The smallest absolute Gasteiger partial charge is 0.145 e. The molecule has 0 aromatic rings. The van der Waals surface area contributed by atoms with Gasteiger partial charge in [-0.3, -0.25) is 4.79 Å². The van der Waals surface area contributed by atoms with Crippen molar-refractivity contribution in [2.75, 3.05) is 0 Å². The summed E-state index contributed by atoms with van der Waals surface area (Å²) in [7, 11) is 0. The molecule has 58 valence electrons. The first-order valence-corrected chi connectivity index (χ1v) is 3.90. The van der Waals surface area contributed by atoms with Gasteiger partial charge in [-0.1, -0.05) is 25.8 Å². The summed E-state index contributed by atoms with van der Waals surface area (Å²) in [6.07, 6.45) is 4.03. The van der Waals surface area contributed by atoms with Crippen LogP contribution in [0.25, 0.3) is 0 Å². The maximum atomic E-state index is 10.4. The molecule has 1 nitrogen and oxygen atoms in total. The summed E-state index contributed by atoms with van der Waals surface area (Å²) in [5.41, 5.74) is 2.22. The first-order valence-electron chi connectivity index (χ1n) is 3.90. The Kier molecular flexibility index (Phi) is 4.91. The molecule has 0 atom stereocenters. The molecule has 0 bridgehead atoms. The van der Waals surface area contributed by atoms with Gasteiger partial charge in [0.2, 0.25) is 0 Å². The van der Waals surface area contributed by atoms with E-state index >= 15 is 0 Å². The second-order valence-electron chi connectivity index (χ2n) is 2.53. The number of carbonyl (C=O) groups excluding carboxylic acids is 1. The van der Waals surface area contributed by atoms with Crippen LogP contribution >= 0.6 is 0 Å². The molecule has 0 saturated heterocycles. The molecule has 0 fully saturated rings. The Morgan fingerprint density at radius 3 is 2.30 bits per heavy atom.